The molecule has 0 bridgehead atoms. The van der Waals surface area contributed by atoms with Crippen LogP contribution >= 0.6 is 7.60 Å². The average molecular weight is 321 g/mol. The van der Waals surface area contributed by atoms with Crippen molar-refractivity contribution >= 4 is 18.6 Å². The zero-order chi connectivity index (χ0) is 15.3. The van der Waals surface area contributed by atoms with Crippen LogP contribution in [0, 0.1) is 6.92 Å². The molecule has 0 aliphatic carbocycles. The molecular weight excluding hydrogens is 301 g/mol. The minimum atomic E-state index is -3.59. The van der Waals surface area contributed by atoms with Gasteiger partial charge in [0, 0.05) is 14.2 Å². The molecule has 0 radical (unpaired) electrons. The molecule has 0 amide bonds. The van der Waals surface area contributed by atoms with E-state index in [0.29, 0.717) is 4.90 Å². The molecule has 0 fully saturated rings. The molecule has 8 heteroatoms. The van der Waals surface area contributed by atoms with E-state index in [1.165, 1.54) is 21.1 Å². The van der Waals surface area contributed by atoms with E-state index in [9.17, 15) is 13.9 Å². The third-order valence-corrected chi connectivity index (χ3v) is 6.37. The van der Waals surface area contributed by atoms with Gasteiger partial charge in [0.25, 0.3) is 0 Å². The van der Waals surface area contributed by atoms with Crippen molar-refractivity contribution in [1.29, 1.82) is 0 Å². The lowest BCUT2D eigenvalue weighted by atomic mass is 10.2. The van der Waals surface area contributed by atoms with Gasteiger partial charge in [-0.25, -0.2) is 8.93 Å². The highest BCUT2D eigenvalue weighted by Crippen LogP contribution is 2.51. The van der Waals surface area contributed by atoms with E-state index >= 15 is 0 Å². The lowest BCUT2D eigenvalue weighted by molar-refractivity contribution is 0.160. The van der Waals surface area contributed by atoms with Crippen molar-refractivity contribution in [3.05, 3.63) is 29.8 Å². The van der Waals surface area contributed by atoms with Gasteiger partial charge in [-0.2, -0.15) is 0 Å². The molecule has 0 saturated carbocycles. The largest absolute Gasteiger partial charge is 0.391 e. The second kappa shape index (κ2) is 7.45. The van der Waals surface area contributed by atoms with Gasteiger partial charge in [0.2, 0.25) is 0 Å². The fraction of sp³-hybridized carbons (Fsp3) is 0.500. The smallest absolute Gasteiger partial charge is 0.350 e. The number of aliphatic hydroxyl groups is 1. The Balaban J connectivity index is 2.94. The second-order valence-corrected chi connectivity index (χ2v) is 7.90. The first-order valence-electron chi connectivity index (χ1n) is 5.98. The van der Waals surface area contributed by atoms with Gasteiger partial charge in [0.15, 0.2) is 0 Å². The van der Waals surface area contributed by atoms with Crippen LogP contribution in [-0.2, 0) is 24.6 Å². The lowest BCUT2D eigenvalue weighted by Crippen LogP contribution is -2.39. The fourth-order valence-corrected chi connectivity index (χ4v) is 4.44. The Morgan fingerprint density at radius 2 is 1.75 bits per heavy atom. The molecule has 1 aromatic rings. The molecule has 20 heavy (non-hydrogen) atoms. The summed E-state index contributed by atoms with van der Waals surface area (Å²) in [7, 11) is -2.78. The van der Waals surface area contributed by atoms with Crippen molar-refractivity contribution in [3.8, 4) is 0 Å². The summed E-state index contributed by atoms with van der Waals surface area (Å²) in [6, 6.07) is 7.03. The van der Waals surface area contributed by atoms with Crippen LogP contribution in [0.4, 0.5) is 0 Å². The van der Waals surface area contributed by atoms with Gasteiger partial charge >= 0.3 is 7.60 Å². The van der Waals surface area contributed by atoms with Gasteiger partial charge < -0.3 is 14.2 Å². The molecule has 1 rings (SSSR count). The SMILES string of the molecule is COP(=O)(OC)[C@@H](NS(=O)c1ccc(C)cc1)[C@H](C)O. The maximum absolute atomic E-state index is 12.3. The minimum Gasteiger partial charge on any atom is -0.391 e. The van der Waals surface area contributed by atoms with Gasteiger partial charge in [-0.05, 0) is 26.0 Å². The van der Waals surface area contributed by atoms with E-state index in [-0.39, 0.29) is 0 Å². The van der Waals surface area contributed by atoms with Crippen LogP contribution in [0.3, 0.4) is 0 Å². The van der Waals surface area contributed by atoms with Crippen molar-refractivity contribution < 1.29 is 22.9 Å². The Morgan fingerprint density at radius 1 is 1.25 bits per heavy atom. The summed E-state index contributed by atoms with van der Waals surface area (Å²) in [6.07, 6.45) is -1.06. The molecule has 0 spiro atoms. The summed E-state index contributed by atoms with van der Waals surface area (Å²) in [6.45, 7) is 3.34. The summed E-state index contributed by atoms with van der Waals surface area (Å²) in [5.41, 5.74) is 1.04. The molecule has 1 unspecified atom stereocenters. The number of hydrogen-bond acceptors (Lipinski definition) is 5. The number of rotatable bonds is 7. The number of benzene rings is 1. The van der Waals surface area contributed by atoms with Crippen LogP contribution in [0.15, 0.2) is 29.2 Å². The van der Waals surface area contributed by atoms with Crippen LogP contribution in [0.5, 0.6) is 0 Å². The van der Waals surface area contributed by atoms with Crippen molar-refractivity contribution in [2.24, 2.45) is 0 Å². The first-order chi connectivity index (χ1) is 9.34. The van der Waals surface area contributed by atoms with Gasteiger partial charge in [0.1, 0.15) is 16.8 Å². The Bertz CT molecular complexity index is 497. The zero-order valence-corrected chi connectivity index (χ0v) is 13.6. The van der Waals surface area contributed by atoms with Crippen LogP contribution in [0.1, 0.15) is 12.5 Å². The number of aliphatic hydroxyl groups excluding tert-OH is 1. The predicted molar refractivity (Wildman–Crippen MR) is 77.8 cm³/mol. The third-order valence-electron chi connectivity index (χ3n) is 2.77. The van der Waals surface area contributed by atoms with Crippen molar-refractivity contribution in [3.63, 3.8) is 0 Å². The Hall–Kier alpha value is -0.560. The summed E-state index contributed by atoms with van der Waals surface area (Å²) < 4.78 is 36.8. The number of aryl methyl sites for hydroxylation is 1. The summed E-state index contributed by atoms with van der Waals surface area (Å²) in [5.74, 6) is -1.08. The zero-order valence-electron chi connectivity index (χ0n) is 11.9. The van der Waals surface area contributed by atoms with Crippen molar-refractivity contribution in [1.82, 2.24) is 4.72 Å². The van der Waals surface area contributed by atoms with E-state index in [4.69, 9.17) is 9.05 Å². The lowest BCUT2D eigenvalue weighted by Gasteiger charge is -2.26. The maximum atomic E-state index is 12.3. The minimum absolute atomic E-state index is 0.514. The molecule has 2 N–H and O–H groups in total. The van der Waals surface area contributed by atoms with Crippen LogP contribution in [0.2, 0.25) is 0 Å². The summed E-state index contributed by atoms with van der Waals surface area (Å²) in [5, 5.41) is 9.72. The van der Waals surface area contributed by atoms with Crippen LogP contribution < -0.4 is 4.72 Å². The molecule has 114 valence electrons. The van der Waals surface area contributed by atoms with E-state index in [0.717, 1.165) is 5.56 Å². The number of hydrogen-bond donors (Lipinski definition) is 2. The quantitative estimate of drug-likeness (QED) is 0.748. The molecule has 3 atom stereocenters. The normalized spacial score (nSPS) is 16.6. The van der Waals surface area contributed by atoms with Crippen molar-refractivity contribution in [2.75, 3.05) is 14.2 Å². The van der Waals surface area contributed by atoms with E-state index in [1.807, 2.05) is 19.1 Å². The molecule has 0 saturated heterocycles. The average Bonchev–Trinajstić information content (AvgIpc) is 2.44. The summed E-state index contributed by atoms with van der Waals surface area (Å²) >= 11 is 0. The van der Waals surface area contributed by atoms with E-state index < -0.39 is 30.5 Å². The highest BCUT2D eigenvalue weighted by Gasteiger charge is 2.38. The first kappa shape index (κ1) is 17.5. The standard InChI is InChI=1S/C12H20NO5PS/c1-9-5-7-11(8-6-9)20(16)13-12(10(2)14)19(15,17-3)18-4/h5-8,10,12-14H,1-4H3/t10-,12+,20?/m0/s1. The van der Waals surface area contributed by atoms with Gasteiger partial charge in [-0.3, -0.25) is 4.57 Å². The monoisotopic (exact) mass is 321 g/mol. The molecule has 1 aromatic carbocycles. The topological polar surface area (TPSA) is 84.9 Å². The maximum Gasteiger partial charge on any atom is 0.350 e. The third kappa shape index (κ3) is 4.22. The van der Waals surface area contributed by atoms with Crippen molar-refractivity contribution in [2.45, 2.75) is 30.6 Å². The number of nitrogens with one attached hydrogen (secondary N) is 1. The first-order valence-corrected chi connectivity index (χ1v) is 8.74. The Kier molecular flexibility index (Phi) is 6.51. The highest BCUT2D eigenvalue weighted by molar-refractivity contribution is 7.83. The molecule has 6 nitrogen and oxygen atoms in total. The van der Waals surface area contributed by atoms with Gasteiger partial charge in [0.05, 0.1) is 11.0 Å². The van der Waals surface area contributed by atoms with Crippen LogP contribution in [-0.4, -0.2) is 35.4 Å². The van der Waals surface area contributed by atoms with Gasteiger partial charge in [-0.15, -0.1) is 0 Å². The predicted octanol–water partition coefficient (Wildman–Crippen LogP) is 1.80. The van der Waals surface area contributed by atoms with E-state index in [2.05, 4.69) is 4.72 Å². The molecule has 0 aliphatic rings. The molecule has 0 aliphatic heterocycles. The Labute approximate surface area is 121 Å². The van der Waals surface area contributed by atoms with Crippen LogP contribution in [0.25, 0.3) is 0 Å². The molecule has 0 aromatic heterocycles. The summed E-state index contributed by atoms with van der Waals surface area (Å²) in [4.78, 5) is 0.514. The van der Waals surface area contributed by atoms with E-state index in [1.54, 1.807) is 12.1 Å². The molecule has 0 heterocycles. The Morgan fingerprint density at radius 3 is 2.15 bits per heavy atom. The molecular formula is C12H20NO5PS. The highest BCUT2D eigenvalue weighted by atomic mass is 32.2. The second-order valence-electron chi connectivity index (χ2n) is 4.29. The fourth-order valence-electron chi connectivity index (χ4n) is 1.57. The van der Waals surface area contributed by atoms with Gasteiger partial charge in [-0.1, -0.05) is 17.7 Å².